The molecule has 0 saturated carbocycles. The highest BCUT2D eigenvalue weighted by Crippen LogP contribution is 2.17. The van der Waals surface area contributed by atoms with Crippen molar-refractivity contribution in [2.45, 2.75) is 25.8 Å². The van der Waals surface area contributed by atoms with E-state index < -0.39 is 11.6 Å². The monoisotopic (exact) mass is 323 g/mol. The average Bonchev–Trinajstić information content (AvgIpc) is 2.48. The summed E-state index contributed by atoms with van der Waals surface area (Å²) in [6, 6.07) is 10.8. The van der Waals surface area contributed by atoms with Crippen molar-refractivity contribution in [2.24, 2.45) is 0 Å². The first kappa shape index (κ1) is 16.4. The van der Waals surface area contributed by atoms with E-state index in [-0.39, 0.29) is 18.4 Å². The van der Waals surface area contributed by atoms with Gasteiger partial charge in [-0.2, -0.15) is 0 Å². The summed E-state index contributed by atoms with van der Waals surface area (Å²) in [5, 5.41) is 3.47. The molecule has 2 aromatic carbocycles. The minimum absolute atomic E-state index is 0.155. The molecule has 5 heteroatoms. The van der Waals surface area contributed by atoms with Crippen LogP contribution in [-0.4, -0.2) is 5.91 Å². The third-order valence-electron chi connectivity index (χ3n) is 3.35. The van der Waals surface area contributed by atoms with Gasteiger partial charge in [0, 0.05) is 11.4 Å². The summed E-state index contributed by atoms with van der Waals surface area (Å²) in [6.45, 7) is 1.86. The van der Waals surface area contributed by atoms with Gasteiger partial charge >= 0.3 is 0 Å². The van der Waals surface area contributed by atoms with Crippen molar-refractivity contribution in [3.63, 3.8) is 0 Å². The molecule has 1 atom stereocenters. The maximum atomic E-state index is 13.1. The highest BCUT2D eigenvalue weighted by molar-refractivity contribution is 6.30. The fourth-order valence-electron chi connectivity index (χ4n) is 2.13. The van der Waals surface area contributed by atoms with E-state index in [2.05, 4.69) is 5.32 Å². The second-order valence-electron chi connectivity index (χ2n) is 5.09. The molecule has 0 aliphatic carbocycles. The normalized spacial score (nSPS) is 12.0. The number of hydrogen-bond acceptors (Lipinski definition) is 1. The van der Waals surface area contributed by atoms with Gasteiger partial charge in [0.1, 0.15) is 0 Å². The second-order valence-corrected chi connectivity index (χ2v) is 5.53. The molecule has 22 heavy (non-hydrogen) atoms. The van der Waals surface area contributed by atoms with Crippen molar-refractivity contribution in [2.75, 3.05) is 0 Å². The van der Waals surface area contributed by atoms with Crippen LogP contribution in [0.4, 0.5) is 8.78 Å². The molecule has 0 spiro atoms. The Balaban J connectivity index is 1.88. The number of aryl methyl sites for hydroxylation is 1. The van der Waals surface area contributed by atoms with E-state index in [4.69, 9.17) is 11.6 Å². The summed E-state index contributed by atoms with van der Waals surface area (Å²) < 4.78 is 25.9. The van der Waals surface area contributed by atoms with E-state index in [1.54, 1.807) is 12.1 Å². The Morgan fingerprint density at radius 3 is 2.64 bits per heavy atom. The van der Waals surface area contributed by atoms with Crippen LogP contribution >= 0.6 is 11.6 Å². The fraction of sp³-hybridized carbons (Fsp3) is 0.235. The summed E-state index contributed by atoms with van der Waals surface area (Å²) >= 11 is 5.92. The van der Waals surface area contributed by atoms with Crippen molar-refractivity contribution in [3.8, 4) is 0 Å². The SMILES string of the molecule is CC(NC(=O)CCc1ccc(F)c(F)c1)c1cccc(Cl)c1. The maximum Gasteiger partial charge on any atom is 0.220 e. The van der Waals surface area contributed by atoms with Crippen molar-refractivity contribution >= 4 is 17.5 Å². The van der Waals surface area contributed by atoms with Crippen LogP contribution < -0.4 is 5.32 Å². The first-order valence-corrected chi connectivity index (χ1v) is 7.32. The van der Waals surface area contributed by atoms with Crippen molar-refractivity contribution in [1.29, 1.82) is 0 Å². The molecule has 0 aliphatic rings. The molecule has 0 heterocycles. The van der Waals surface area contributed by atoms with Crippen molar-refractivity contribution in [3.05, 3.63) is 70.2 Å². The number of halogens is 3. The molecule has 0 saturated heterocycles. The summed E-state index contributed by atoms with van der Waals surface area (Å²) in [4.78, 5) is 11.9. The Bertz CT molecular complexity index is 675. The zero-order valence-electron chi connectivity index (χ0n) is 12.1. The van der Waals surface area contributed by atoms with Gasteiger partial charge in [0.05, 0.1) is 6.04 Å². The van der Waals surface area contributed by atoms with Gasteiger partial charge in [0.25, 0.3) is 0 Å². The Morgan fingerprint density at radius 2 is 1.95 bits per heavy atom. The minimum atomic E-state index is -0.898. The number of carbonyl (C=O) groups is 1. The molecule has 0 fully saturated rings. The molecule has 1 unspecified atom stereocenters. The number of rotatable bonds is 5. The summed E-state index contributed by atoms with van der Waals surface area (Å²) in [6.07, 6.45) is 0.557. The van der Waals surface area contributed by atoms with Crippen LogP contribution in [0.5, 0.6) is 0 Å². The first-order valence-electron chi connectivity index (χ1n) is 6.94. The third-order valence-corrected chi connectivity index (χ3v) is 3.59. The van der Waals surface area contributed by atoms with E-state index >= 15 is 0 Å². The van der Waals surface area contributed by atoms with Gasteiger partial charge in [0.2, 0.25) is 5.91 Å². The summed E-state index contributed by atoms with van der Waals surface area (Å²) in [7, 11) is 0. The molecular formula is C17H16ClF2NO. The molecule has 0 bridgehead atoms. The molecule has 0 radical (unpaired) electrons. The average molecular weight is 324 g/mol. The van der Waals surface area contributed by atoms with E-state index in [0.29, 0.717) is 17.0 Å². The summed E-state index contributed by atoms with van der Waals surface area (Å²) in [5.41, 5.74) is 1.50. The van der Waals surface area contributed by atoms with E-state index in [9.17, 15) is 13.6 Å². The van der Waals surface area contributed by atoms with E-state index in [0.717, 1.165) is 17.7 Å². The lowest BCUT2D eigenvalue weighted by molar-refractivity contribution is -0.121. The largest absolute Gasteiger partial charge is 0.350 e. The second kappa shape index (κ2) is 7.36. The van der Waals surface area contributed by atoms with Gasteiger partial charge in [-0.1, -0.05) is 29.8 Å². The Morgan fingerprint density at radius 1 is 1.18 bits per heavy atom. The van der Waals surface area contributed by atoms with Gasteiger partial charge < -0.3 is 5.32 Å². The molecule has 2 nitrogen and oxygen atoms in total. The van der Waals surface area contributed by atoms with Crippen LogP contribution in [0.25, 0.3) is 0 Å². The third kappa shape index (κ3) is 4.53. The Labute approximate surface area is 133 Å². The first-order chi connectivity index (χ1) is 10.5. The number of nitrogens with one attached hydrogen (secondary N) is 1. The lowest BCUT2D eigenvalue weighted by atomic mass is 10.1. The molecule has 1 N–H and O–H groups in total. The lowest BCUT2D eigenvalue weighted by Crippen LogP contribution is -2.26. The molecule has 1 amide bonds. The van der Waals surface area contributed by atoms with Crippen LogP contribution in [0.1, 0.15) is 30.5 Å². The number of amides is 1. The standard InChI is InChI=1S/C17H16ClF2NO/c1-11(13-3-2-4-14(18)10-13)21-17(22)8-6-12-5-7-15(19)16(20)9-12/h2-5,7,9-11H,6,8H2,1H3,(H,21,22). The fourth-order valence-corrected chi connectivity index (χ4v) is 2.32. The molecule has 0 aromatic heterocycles. The highest BCUT2D eigenvalue weighted by Gasteiger charge is 2.10. The number of hydrogen-bond donors (Lipinski definition) is 1. The van der Waals surface area contributed by atoms with Crippen LogP contribution in [0.3, 0.4) is 0 Å². The summed E-state index contributed by atoms with van der Waals surface area (Å²) in [5.74, 6) is -1.94. The van der Waals surface area contributed by atoms with Gasteiger partial charge in [-0.05, 0) is 48.7 Å². The van der Waals surface area contributed by atoms with Crippen LogP contribution in [0.15, 0.2) is 42.5 Å². The molecule has 2 rings (SSSR count). The van der Waals surface area contributed by atoms with Crippen LogP contribution in [0.2, 0.25) is 5.02 Å². The van der Waals surface area contributed by atoms with Gasteiger partial charge in [-0.25, -0.2) is 8.78 Å². The predicted molar refractivity (Wildman–Crippen MR) is 82.7 cm³/mol. The maximum absolute atomic E-state index is 13.1. The topological polar surface area (TPSA) is 29.1 Å². The minimum Gasteiger partial charge on any atom is -0.350 e. The van der Waals surface area contributed by atoms with Gasteiger partial charge in [0.15, 0.2) is 11.6 Å². The van der Waals surface area contributed by atoms with Gasteiger partial charge in [-0.3, -0.25) is 4.79 Å². The van der Waals surface area contributed by atoms with Gasteiger partial charge in [-0.15, -0.1) is 0 Å². The molecule has 0 aliphatic heterocycles. The molecular weight excluding hydrogens is 308 g/mol. The Hall–Kier alpha value is -1.94. The Kier molecular flexibility index (Phi) is 5.50. The highest BCUT2D eigenvalue weighted by atomic mass is 35.5. The zero-order valence-corrected chi connectivity index (χ0v) is 12.8. The lowest BCUT2D eigenvalue weighted by Gasteiger charge is -2.14. The van der Waals surface area contributed by atoms with E-state index in [1.165, 1.54) is 6.07 Å². The van der Waals surface area contributed by atoms with Crippen molar-refractivity contribution in [1.82, 2.24) is 5.32 Å². The zero-order chi connectivity index (χ0) is 16.1. The quantitative estimate of drug-likeness (QED) is 0.866. The van der Waals surface area contributed by atoms with Crippen LogP contribution in [-0.2, 0) is 11.2 Å². The predicted octanol–water partition coefficient (Wildman–Crippen LogP) is 4.43. The number of carbonyl (C=O) groups excluding carboxylic acids is 1. The smallest absolute Gasteiger partial charge is 0.220 e. The molecule has 116 valence electrons. The molecule has 2 aromatic rings. The van der Waals surface area contributed by atoms with E-state index in [1.807, 2.05) is 19.1 Å². The number of benzene rings is 2. The van der Waals surface area contributed by atoms with Crippen molar-refractivity contribution < 1.29 is 13.6 Å². The van der Waals surface area contributed by atoms with Crippen LogP contribution in [0, 0.1) is 11.6 Å².